The van der Waals surface area contributed by atoms with Crippen molar-refractivity contribution in [2.75, 3.05) is 6.61 Å². The first-order valence-electron chi connectivity index (χ1n) is 8.37. The lowest BCUT2D eigenvalue weighted by Crippen LogP contribution is -2.49. The molecule has 0 saturated carbocycles. The van der Waals surface area contributed by atoms with Gasteiger partial charge in [0.2, 0.25) is 5.91 Å². The zero-order valence-electron chi connectivity index (χ0n) is 14.1. The van der Waals surface area contributed by atoms with E-state index in [9.17, 15) is 19.9 Å². The van der Waals surface area contributed by atoms with Gasteiger partial charge in [0, 0.05) is 5.39 Å². The number of carbonyl (C=O) groups is 1. The van der Waals surface area contributed by atoms with Crippen LogP contribution in [0.4, 0.5) is 0 Å². The van der Waals surface area contributed by atoms with Crippen LogP contribution in [0.3, 0.4) is 0 Å². The molecule has 4 N–H and O–H groups in total. The second-order valence-electron chi connectivity index (χ2n) is 6.14. The molecule has 0 spiro atoms. The van der Waals surface area contributed by atoms with Crippen LogP contribution in [-0.4, -0.2) is 40.7 Å². The van der Waals surface area contributed by atoms with E-state index >= 15 is 0 Å². The van der Waals surface area contributed by atoms with E-state index in [1.54, 1.807) is 30.5 Å². The Morgan fingerprint density at radius 1 is 1.08 bits per heavy atom. The zero-order chi connectivity index (χ0) is 18.5. The number of hydrogen-bond acceptors (Lipinski definition) is 5. The number of amides is 1. The van der Waals surface area contributed by atoms with Crippen LogP contribution in [0.25, 0.3) is 11.0 Å². The van der Waals surface area contributed by atoms with Gasteiger partial charge in [-0.25, -0.2) is 0 Å². The normalized spacial score (nSPS) is 13.3. The summed E-state index contributed by atoms with van der Waals surface area (Å²) in [6.07, 6.45) is 1.74. The lowest BCUT2D eigenvalue weighted by molar-refractivity contribution is -0.123. The Bertz CT molecular complexity index is 865. The number of aliphatic hydroxyl groups excluding tert-OH is 1. The molecule has 134 valence electrons. The van der Waals surface area contributed by atoms with Gasteiger partial charge in [-0.1, -0.05) is 48.5 Å². The molecule has 3 rings (SSSR count). The van der Waals surface area contributed by atoms with Crippen molar-refractivity contribution in [2.24, 2.45) is 0 Å². The van der Waals surface area contributed by atoms with E-state index in [2.05, 4.69) is 5.32 Å². The molecule has 0 aliphatic carbocycles. The summed E-state index contributed by atoms with van der Waals surface area (Å²) in [6, 6.07) is 16.3. The van der Waals surface area contributed by atoms with Gasteiger partial charge in [0.25, 0.3) is 0 Å². The maximum atomic E-state index is 12.6. The molecule has 0 fully saturated rings. The molecule has 7 heteroatoms. The SMILES string of the molecule is O=C(NC(Cc1coc2ccccc12)B(O)O)[C@@H](CO)c1ccccc1. The highest BCUT2D eigenvalue weighted by Gasteiger charge is 2.30. The number of hydrogen-bond donors (Lipinski definition) is 4. The number of para-hydroxylation sites is 1. The van der Waals surface area contributed by atoms with Crippen LogP contribution < -0.4 is 5.32 Å². The summed E-state index contributed by atoms with van der Waals surface area (Å²) in [5.74, 6) is -2.18. The average molecular weight is 353 g/mol. The third-order valence-corrected chi connectivity index (χ3v) is 4.39. The summed E-state index contributed by atoms with van der Waals surface area (Å²) >= 11 is 0. The third kappa shape index (κ3) is 3.96. The maximum Gasteiger partial charge on any atom is 0.475 e. The van der Waals surface area contributed by atoms with Crippen LogP contribution in [0.15, 0.2) is 65.3 Å². The Labute approximate surface area is 151 Å². The van der Waals surface area contributed by atoms with E-state index in [4.69, 9.17) is 4.42 Å². The van der Waals surface area contributed by atoms with Crippen molar-refractivity contribution in [3.8, 4) is 0 Å². The molecule has 26 heavy (non-hydrogen) atoms. The molecule has 1 unspecified atom stereocenters. The van der Waals surface area contributed by atoms with Gasteiger partial charge in [-0.15, -0.1) is 0 Å². The van der Waals surface area contributed by atoms with Crippen LogP contribution in [0, 0.1) is 0 Å². The summed E-state index contributed by atoms with van der Waals surface area (Å²) in [4.78, 5) is 12.6. The minimum absolute atomic E-state index is 0.188. The quantitative estimate of drug-likeness (QED) is 0.479. The number of aliphatic hydroxyl groups is 1. The van der Waals surface area contributed by atoms with Gasteiger partial charge in [0.15, 0.2) is 0 Å². The van der Waals surface area contributed by atoms with Crippen LogP contribution in [0.1, 0.15) is 17.0 Å². The van der Waals surface area contributed by atoms with Crippen LogP contribution >= 0.6 is 0 Å². The summed E-state index contributed by atoms with van der Waals surface area (Å²) in [5.41, 5.74) is 2.12. The van der Waals surface area contributed by atoms with E-state index in [0.717, 1.165) is 10.9 Å². The Hall–Kier alpha value is -2.61. The smallest absolute Gasteiger partial charge is 0.464 e. The Kier molecular flexibility index (Phi) is 5.73. The highest BCUT2D eigenvalue weighted by molar-refractivity contribution is 6.43. The molecular formula is C19H20BNO5. The number of furan rings is 1. The molecule has 0 bridgehead atoms. The van der Waals surface area contributed by atoms with E-state index in [1.807, 2.05) is 30.3 Å². The second kappa shape index (κ2) is 8.18. The van der Waals surface area contributed by atoms with Gasteiger partial charge >= 0.3 is 7.12 Å². The van der Waals surface area contributed by atoms with Crippen molar-refractivity contribution in [1.29, 1.82) is 0 Å². The molecule has 1 heterocycles. The first-order chi connectivity index (χ1) is 12.6. The van der Waals surface area contributed by atoms with Crippen LogP contribution in [0.5, 0.6) is 0 Å². The second-order valence-corrected chi connectivity index (χ2v) is 6.14. The number of benzene rings is 2. The highest BCUT2D eigenvalue weighted by Crippen LogP contribution is 2.22. The Morgan fingerprint density at radius 2 is 1.77 bits per heavy atom. The molecule has 0 radical (unpaired) electrons. The van der Waals surface area contributed by atoms with E-state index in [1.165, 1.54) is 0 Å². The van der Waals surface area contributed by atoms with Crippen molar-refractivity contribution >= 4 is 24.0 Å². The van der Waals surface area contributed by atoms with Gasteiger partial charge < -0.3 is 24.9 Å². The Morgan fingerprint density at radius 3 is 2.46 bits per heavy atom. The summed E-state index contributed by atoms with van der Waals surface area (Å²) in [5, 5.41) is 32.5. The minimum Gasteiger partial charge on any atom is -0.464 e. The molecular weight excluding hydrogens is 333 g/mol. The van der Waals surface area contributed by atoms with Crippen LogP contribution in [-0.2, 0) is 11.2 Å². The van der Waals surface area contributed by atoms with E-state index < -0.39 is 24.9 Å². The Balaban J connectivity index is 1.77. The molecule has 2 atom stereocenters. The topological polar surface area (TPSA) is 103 Å². The van der Waals surface area contributed by atoms with Crippen molar-refractivity contribution in [3.05, 3.63) is 72.0 Å². The average Bonchev–Trinajstić information content (AvgIpc) is 3.06. The number of nitrogens with one attached hydrogen (secondary N) is 1. The molecule has 1 aromatic heterocycles. The van der Waals surface area contributed by atoms with E-state index in [0.29, 0.717) is 11.1 Å². The molecule has 6 nitrogen and oxygen atoms in total. The van der Waals surface area contributed by atoms with Crippen molar-refractivity contribution in [2.45, 2.75) is 18.3 Å². The number of rotatable bonds is 7. The summed E-state index contributed by atoms with van der Waals surface area (Å²) in [6.45, 7) is -0.376. The van der Waals surface area contributed by atoms with Crippen molar-refractivity contribution < 1.29 is 24.4 Å². The third-order valence-electron chi connectivity index (χ3n) is 4.39. The molecule has 1 amide bonds. The number of carbonyl (C=O) groups excluding carboxylic acids is 1. The largest absolute Gasteiger partial charge is 0.475 e. The molecule has 0 aliphatic heterocycles. The maximum absolute atomic E-state index is 12.6. The first-order valence-corrected chi connectivity index (χ1v) is 8.37. The first kappa shape index (κ1) is 18.2. The fourth-order valence-electron chi connectivity index (χ4n) is 2.97. The van der Waals surface area contributed by atoms with Gasteiger partial charge in [-0.05, 0) is 23.6 Å². The minimum atomic E-state index is -1.75. The highest BCUT2D eigenvalue weighted by atomic mass is 16.4. The zero-order valence-corrected chi connectivity index (χ0v) is 14.1. The van der Waals surface area contributed by atoms with Gasteiger partial charge in [-0.2, -0.15) is 0 Å². The summed E-state index contributed by atoms with van der Waals surface area (Å²) < 4.78 is 5.46. The van der Waals surface area contributed by atoms with Gasteiger partial charge in [-0.3, -0.25) is 4.79 Å². The fourth-order valence-corrected chi connectivity index (χ4v) is 2.97. The number of fused-ring (bicyclic) bond motifs is 1. The fraction of sp³-hybridized carbons (Fsp3) is 0.211. The van der Waals surface area contributed by atoms with Crippen LogP contribution in [0.2, 0.25) is 0 Å². The monoisotopic (exact) mass is 353 g/mol. The standard InChI is InChI=1S/C19H20BNO5/c22-11-16(13-6-2-1-3-7-13)19(23)21-18(20(24)25)10-14-12-26-17-9-5-4-8-15(14)17/h1-9,12,16,18,22,24-25H,10-11H2,(H,21,23)/t16-,18?/m0/s1. The molecule has 0 saturated heterocycles. The predicted molar refractivity (Wildman–Crippen MR) is 98.3 cm³/mol. The molecule has 0 aliphatic rings. The van der Waals surface area contributed by atoms with Gasteiger partial charge in [0.05, 0.1) is 24.7 Å². The molecule has 3 aromatic rings. The lowest BCUT2D eigenvalue weighted by atomic mass is 9.75. The van der Waals surface area contributed by atoms with Crippen molar-refractivity contribution in [3.63, 3.8) is 0 Å². The summed E-state index contributed by atoms with van der Waals surface area (Å²) in [7, 11) is -1.75. The van der Waals surface area contributed by atoms with E-state index in [-0.39, 0.29) is 13.0 Å². The van der Waals surface area contributed by atoms with Crippen molar-refractivity contribution in [1.82, 2.24) is 5.32 Å². The molecule has 2 aromatic carbocycles. The lowest BCUT2D eigenvalue weighted by Gasteiger charge is -2.21. The predicted octanol–water partition coefficient (Wildman–Crippen LogP) is 1.25. The van der Waals surface area contributed by atoms with Gasteiger partial charge in [0.1, 0.15) is 5.58 Å².